The first-order valence-corrected chi connectivity index (χ1v) is 9.08. The van der Waals surface area contributed by atoms with Crippen molar-refractivity contribution in [3.05, 3.63) is 35.4 Å². The average molecular weight is 477 g/mol. The second kappa shape index (κ2) is 14.2. The molecule has 0 radical (unpaired) electrons. The quantitative estimate of drug-likeness (QED) is 0.235. The van der Waals surface area contributed by atoms with E-state index in [0.717, 1.165) is 38.5 Å². The number of hydrogen-bond acceptors (Lipinski definition) is 3. The molecule has 0 spiro atoms. The van der Waals surface area contributed by atoms with Crippen LogP contribution in [0.1, 0.15) is 38.3 Å². The summed E-state index contributed by atoms with van der Waals surface area (Å²) in [5.74, 6) is 0.836. The van der Waals surface area contributed by atoms with Gasteiger partial charge in [-0.05, 0) is 29.4 Å². The number of guanidine groups is 1. The predicted molar refractivity (Wildman–Crippen MR) is 121 cm³/mol. The van der Waals surface area contributed by atoms with Crippen molar-refractivity contribution in [2.75, 3.05) is 47.1 Å². The summed E-state index contributed by atoms with van der Waals surface area (Å²) in [6, 6.07) is 8.89. The SMILES string of the molecule is CN=C(NCCCOCCOC)NCCc1ccc(C(C)(C)C)cc1.I. The Balaban J connectivity index is 0.00000625. The zero-order valence-electron chi connectivity index (χ0n) is 16.9. The highest BCUT2D eigenvalue weighted by Gasteiger charge is 2.12. The number of ether oxygens (including phenoxy) is 2. The zero-order chi connectivity index (χ0) is 18.5. The van der Waals surface area contributed by atoms with Crippen LogP contribution in [0, 0.1) is 0 Å². The molecule has 0 saturated carbocycles. The number of aliphatic imine (C=N–C) groups is 1. The second-order valence-electron chi connectivity index (χ2n) is 7.08. The van der Waals surface area contributed by atoms with Crippen LogP contribution >= 0.6 is 24.0 Å². The molecule has 0 aliphatic rings. The number of nitrogens with one attached hydrogen (secondary N) is 2. The molecule has 1 aromatic rings. The molecule has 1 rings (SSSR count). The van der Waals surface area contributed by atoms with Crippen LogP contribution in [0.2, 0.25) is 0 Å². The molecule has 0 atom stereocenters. The maximum atomic E-state index is 5.44. The van der Waals surface area contributed by atoms with E-state index < -0.39 is 0 Å². The minimum absolute atomic E-state index is 0. The smallest absolute Gasteiger partial charge is 0.190 e. The lowest BCUT2D eigenvalue weighted by Gasteiger charge is -2.19. The number of methoxy groups -OCH3 is 1. The summed E-state index contributed by atoms with van der Waals surface area (Å²) in [6.45, 7) is 10.4. The minimum Gasteiger partial charge on any atom is -0.382 e. The van der Waals surface area contributed by atoms with Crippen molar-refractivity contribution in [3.63, 3.8) is 0 Å². The van der Waals surface area contributed by atoms with Crippen molar-refractivity contribution in [1.29, 1.82) is 0 Å². The van der Waals surface area contributed by atoms with E-state index in [1.165, 1.54) is 11.1 Å². The monoisotopic (exact) mass is 477 g/mol. The van der Waals surface area contributed by atoms with Crippen LogP contribution in [-0.4, -0.2) is 53.0 Å². The van der Waals surface area contributed by atoms with Crippen LogP contribution in [0.5, 0.6) is 0 Å². The van der Waals surface area contributed by atoms with Gasteiger partial charge in [-0.2, -0.15) is 0 Å². The molecule has 0 fully saturated rings. The van der Waals surface area contributed by atoms with Crippen molar-refractivity contribution in [3.8, 4) is 0 Å². The Morgan fingerprint density at radius 3 is 2.23 bits per heavy atom. The van der Waals surface area contributed by atoms with Gasteiger partial charge >= 0.3 is 0 Å². The molecule has 0 bridgehead atoms. The van der Waals surface area contributed by atoms with E-state index in [9.17, 15) is 0 Å². The van der Waals surface area contributed by atoms with Crippen LogP contribution in [0.25, 0.3) is 0 Å². The highest BCUT2D eigenvalue weighted by Crippen LogP contribution is 2.22. The zero-order valence-corrected chi connectivity index (χ0v) is 19.3. The summed E-state index contributed by atoms with van der Waals surface area (Å²) in [5.41, 5.74) is 2.91. The van der Waals surface area contributed by atoms with Gasteiger partial charge in [0.05, 0.1) is 13.2 Å². The lowest BCUT2D eigenvalue weighted by Crippen LogP contribution is -2.39. The van der Waals surface area contributed by atoms with E-state index in [0.29, 0.717) is 13.2 Å². The van der Waals surface area contributed by atoms with Gasteiger partial charge in [0.25, 0.3) is 0 Å². The van der Waals surface area contributed by atoms with E-state index in [2.05, 4.69) is 60.7 Å². The minimum atomic E-state index is 0. The first kappa shape index (κ1) is 25.1. The van der Waals surface area contributed by atoms with Gasteiger partial charge in [-0.25, -0.2) is 0 Å². The first-order valence-electron chi connectivity index (χ1n) is 9.08. The first-order chi connectivity index (χ1) is 12.0. The molecule has 0 aliphatic heterocycles. The molecule has 0 aromatic heterocycles. The largest absolute Gasteiger partial charge is 0.382 e. The molecule has 6 heteroatoms. The molecule has 0 amide bonds. The molecular formula is C20H36IN3O2. The van der Waals surface area contributed by atoms with Crippen molar-refractivity contribution in [2.24, 2.45) is 4.99 Å². The normalized spacial score (nSPS) is 11.8. The average Bonchev–Trinajstić information content (AvgIpc) is 2.59. The number of rotatable bonds is 10. The Bertz CT molecular complexity index is 499. The molecule has 5 nitrogen and oxygen atoms in total. The molecule has 0 heterocycles. The van der Waals surface area contributed by atoms with Gasteiger partial charge in [0.1, 0.15) is 0 Å². The van der Waals surface area contributed by atoms with Crippen molar-refractivity contribution in [1.82, 2.24) is 10.6 Å². The van der Waals surface area contributed by atoms with Gasteiger partial charge in [-0.3, -0.25) is 4.99 Å². The second-order valence-corrected chi connectivity index (χ2v) is 7.08. The van der Waals surface area contributed by atoms with Gasteiger partial charge in [0.15, 0.2) is 5.96 Å². The van der Waals surface area contributed by atoms with Crippen molar-refractivity contribution in [2.45, 2.75) is 39.0 Å². The maximum Gasteiger partial charge on any atom is 0.190 e. The number of halogens is 1. The summed E-state index contributed by atoms with van der Waals surface area (Å²) < 4.78 is 10.4. The highest BCUT2D eigenvalue weighted by atomic mass is 127. The third-order valence-corrected chi connectivity index (χ3v) is 3.94. The highest BCUT2D eigenvalue weighted by molar-refractivity contribution is 14.0. The molecule has 26 heavy (non-hydrogen) atoms. The summed E-state index contributed by atoms with van der Waals surface area (Å²) in [6.07, 6.45) is 1.92. The molecule has 150 valence electrons. The van der Waals surface area contributed by atoms with Crippen LogP contribution in [-0.2, 0) is 21.3 Å². The van der Waals surface area contributed by atoms with Gasteiger partial charge in [0, 0.05) is 33.9 Å². The van der Waals surface area contributed by atoms with Crippen LogP contribution in [0.4, 0.5) is 0 Å². The third-order valence-electron chi connectivity index (χ3n) is 3.94. The van der Waals surface area contributed by atoms with E-state index in [1.54, 1.807) is 14.2 Å². The topological polar surface area (TPSA) is 54.9 Å². The standard InChI is InChI=1S/C20H35N3O2.HI/c1-20(2,3)18-9-7-17(8-10-18)11-13-23-19(21-4)22-12-6-14-25-16-15-24-5;/h7-10H,6,11-16H2,1-5H3,(H2,21,22,23);1H. The molecule has 0 unspecified atom stereocenters. The van der Waals surface area contributed by atoms with E-state index in [4.69, 9.17) is 9.47 Å². The number of nitrogens with zero attached hydrogens (tertiary/aromatic N) is 1. The third kappa shape index (κ3) is 11.0. The Morgan fingerprint density at radius 1 is 1.00 bits per heavy atom. The molecule has 1 aromatic carbocycles. The van der Waals surface area contributed by atoms with Crippen LogP contribution in [0.15, 0.2) is 29.3 Å². The van der Waals surface area contributed by atoms with Crippen LogP contribution in [0.3, 0.4) is 0 Å². The summed E-state index contributed by atoms with van der Waals surface area (Å²) in [4.78, 5) is 4.25. The summed E-state index contributed by atoms with van der Waals surface area (Å²) in [7, 11) is 3.47. The number of benzene rings is 1. The van der Waals surface area contributed by atoms with Gasteiger partial charge < -0.3 is 20.1 Å². The molecule has 0 saturated heterocycles. The van der Waals surface area contributed by atoms with E-state index in [-0.39, 0.29) is 29.4 Å². The van der Waals surface area contributed by atoms with Gasteiger partial charge in [-0.1, -0.05) is 45.0 Å². The molecule has 0 aliphatic carbocycles. The fraction of sp³-hybridized carbons (Fsp3) is 0.650. The Morgan fingerprint density at radius 2 is 1.65 bits per heavy atom. The van der Waals surface area contributed by atoms with Crippen molar-refractivity contribution >= 4 is 29.9 Å². The molecular weight excluding hydrogens is 441 g/mol. The lowest BCUT2D eigenvalue weighted by molar-refractivity contribution is 0.0698. The molecule has 2 N–H and O–H groups in total. The fourth-order valence-corrected chi connectivity index (χ4v) is 2.34. The summed E-state index contributed by atoms with van der Waals surface area (Å²) >= 11 is 0. The Labute approximate surface area is 176 Å². The Hall–Kier alpha value is -0.860. The van der Waals surface area contributed by atoms with E-state index in [1.807, 2.05) is 0 Å². The summed E-state index contributed by atoms with van der Waals surface area (Å²) in [5, 5.41) is 6.66. The maximum absolute atomic E-state index is 5.44. The van der Waals surface area contributed by atoms with Crippen LogP contribution < -0.4 is 10.6 Å². The van der Waals surface area contributed by atoms with E-state index >= 15 is 0 Å². The fourth-order valence-electron chi connectivity index (χ4n) is 2.34. The van der Waals surface area contributed by atoms with Gasteiger partial charge in [0.2, 0.25) is 0 Å². The van der Waals surface area contributed by atoms with Crippen molar-refractivity contribution < 1.29 is 9.47 Å². The number of hydrogen-bond donors (Lipinski definition) is 2. The Kier molecular flexibility index (Phi) is 13.8. The predicted octanol–water partition coefficient (Wildman–Crippen LogP) is 3.36. The lowest BCUT2D eigenvalue weighted by atomic mass is 9.86. The van der Waals surface area contributed by atoms with Gasteiger partial charge in [-0.15, -0.1) is 24.0 Å².